The number of sulfonamides is 1. The Morgan fingerprint density at radius 3 is 2.27 bits per heavy atom. The SMILES string of the molecule is Cc1ccc(S(=O)(=O)NCCc2ccc(N)cc2)c(C)c1.Cl. The van der Waals surface area contributed by atoms with Crippen molar-refractivity contribution in [2.24, 2.45) is 0 Å². The van der Waals surface area contributed by atoms with E-state index >= 15 is 0 Å². The monoisotopic (exact) mass is 340 g/mol. The smallest absolute Gasteiger partial charge is 0.240 e. The molecule has 0 aromatic heterocycles. The van der Waals surface area contributed by atoms with Crippen LogP contribution in [0.1, 0.15) is 16.7 Å². The van der Waals surface area contributed by atoms with Crippen LogP contribution in [0.25, 0.3) is 0 Å². The Hall–Kier alpha value is -1.56. The van der Waals surface area contributed by atoms with Crippen molar-refractivity contribution in [3.63, 3.8) is 0 Å². The molecule has 0 saturated heterocycles. The average Bonchev–Trinajstić information content (AvgIpc) is 2.40. The highest BCUT2D eigenvalue weighted by atomic mass is 35.5. The molecule has 6 heteroatoms. The van der Waals surface area contributed by atoms with Crippen LogP contribution in [0.4, 0.5) is 5.69 Å². The molecule has 0 unspecified atom stereocenters. The fourth-order valence-electron chi connectivity index (χ4n) is 2.19. The van der Waals surface area contributed by atoms with E-state index in [1.165, 1.54) is 0 Å². The number of rotatable bonds is 5. The summed E-state index contributed by atoms with van der Waals surface area (Å²) in [5.41, 5.74) is 9.18. The van der Waals surface area contributed by atoms with Gasteiger partial charge in [0.1, 0.15) is 0 Å². The first-order valence-electron chi connectivity index (χ1n) is 6.80. The van der Waals surface area contributed by atoms with Crippen molar-refractivity contribution in [2.45, 2.75) is 25.2 Å². The van der Waals surface area contributed by atoms with E-state index in [4.69, 9.17) is 5.73 Å². The molecule has 120 valence electrons. The van der Waals surface area contributed by atoms with Gasteiger partial charge in [0, 0.05) is 12.2 Å². The van der Waals surface area contributed by atoms with Gasteiger partial charge in [0.15, 0.2) is 0 Å². The third kappa shape index (κ3) is 4.73. The van der Waals surface area contributed by atoms with E-state index in [1.807, 2.05) is 50.2 Å². The number of hydrogen-bond acceptors (Lipinski definition) is 3. The molecule has 0 aliphatic heterocycles. The Balaban J connectivity index is 0.00000242. The molecule has 4 nitrogen and oxygen atoms in total. The second-order valence-electron chi connectivity index (χ2n) is 5.16. The van der Waals surface area contributed by atoms with Crippen molar-refractivity contribution in [3.05, 3.63) is 59.2 Å². The first-order chi connectivity index (χ1) is 9.88. The van der Waals surface area contributed by atoms with Crippen molar-refractivity contribution < 1.29 is 8.42 Å². The van der Waals surface area contributed by atoms with Crippen LogP contribution in [0.5, 0.6) is 0 Å². The molecule has 0 aliphatic rings. The lowest BCUT2D eigenvalue weighted by Gasteiger charge is -2.10. The summed E-state index contributed by atoms with van der Waals surface area (Å²) in [6, 6.07) is 12.8. The van der Waals surface area contributed by atoms with Crippen molar-refractivity contribution >= 4 is 28.1 Å². The third-order valence-corrected chi connectivity index (χ3v) is 4.93. The maximum absolute atomic E-state index is 12.3. The van der Waals surface area contributed by atoms with E-state index in [1.54, 1.807) is 6.07 Å². The molecule has 22 heavy (non-hydrogen) atoms. The molecule has 0 radical (unpaired) electrons. The van der Waals surface area contributed by atoms with Gasteiger partial charge in [-0.3, -0.25) is 0 Å². The largest absolute Gasteiger partial charge is 0.399 e. The third-order valence-electron chi connectivity index (χ3n) is 3.31. The molecule has 0 atom stereocenters. The zero-order valence-corrected chi connectivity index (χ0v) is 14.3. The lowest BCUT2D eigenvalue weighted by molar-refractivity contribution is 0.581. The van der Waals surface area contributed by atoms with E-state index in [0.717, 1.165) is 16.7 Å². The molecule has 0 spiro atoms. The Bertz CT molecular complexity index is 728. The fourth-order valence-corrected chi connectivity index (χ4v) is 3.45. The second kappa shape index (κ2) is 7.63. The molecule has 2 aromatic carbocycles. The summed E-state index contributed by atoms with van der Waals surface area (Å²) in [6.45, 7) is 4.11. The van der Waals surface area contributed by atoms with Gasteiger partial charge in [0.2, 0.25) is 10.0 Å². The number of nitrogens with one attached hydrogen (secondary N) is 1. The van der Waals surface area contributed by atoms with Gasteiger partial charge in [-0.2, -0.15) is 0 Å². The van der Waals surface area contributed by atoms with Crippen LogP contribution in [-0.2, 0) is 16.4 Å². The van der Waals surface area contributed by atoms with Crippen molar-refractivity contribution in [1.29, 1.82) is 0 Å². The molecule has 0 heterocycles. The molecule has 0 saturated carbocycles. The highest BCUT2D eigenvalue weighted by Gasteiger charge is 2.15. The van der Waals surface area contributed by atoms with Gasteiger partial charge in [-0.05, 0) is 49.6 Å². The van der Waals surface area contributed by atoms with Crippen molar-refractivity contribution in [1.82, 2.24) is 4.72 Å². The van der Waals surface area contributed by atoms with Crippen LogP contribution in [-0.4, -0.2) is 15.0 Å². The number of hydrogen-bond donors (Lipinski definition) is 2. The summed E-state index contributed by atoms with van der Waals surface area (Å²) in [5.74, 6) is 0. The molecule has 2 rings (SSSR count). The molecule has 0 bridgehead atoms. The summed E-state index contributed by atoms with van der Waals surface area (Å²) < 4.78 is 27.2. The summed E-state index contributed by atoms with van der Waals surface area (Å²) in [6.07, 6.45) is 0.629. The first-order valence-corrected chi connectivity index (χ1v) is 8.28. The number of halogens is 1. The van der Waals surface area contributed by atoms with Crippen LogP contribution in [0.2, 0.25) is 0 Å². The standard InChI is InChI=1S/C16H20N2O2S.ClH/c1-12-3-8-16(13(2)11-12)21(19,20)18-10-9-14-4-6-15(17)7-5-14;/h3-8,11,18H,9-10,17H2,1-2H3;1H. The van der Waals surface area contributed by atoms with Crippen molar-refractivity contribution in [3.8, 4) is 0 Å². The summed E-state index contributed by atoms with van der Waals surface area (Å²) >= 11 is 0. The van der Waals surface area contributed by atoms with E-state index < -0.39 is 10.0 Å². The van der Waals surface area contributed by atoms with Gasteiger partial charge in [0.05, 0.1) is 4.90 Å². The summed E-state index contributed by atoms with van der Waals surface area (Å²) in [5, 5.41) is 0. The lowest BCUT2D eigenvalue weighted by atomic mass is 10.1. The minimum Gasteiger partial charge on any atom is -0.399 e. The highest BCUT2D eigenvalue weighted by Crippen LogP contribution is 2.16. The van der Waals surface area contributed by atoms with Gasteiger partial charge >= 0.3 is 0 Å². The van der Waals surface area contributed by atoms with E-state index in [2.05, 4.69) is 4.72 Å². The van der Waals surface area contributed by atoms with Crippen LogP contribution in [0, 0.1) is 13.8 Å². The number of anilines is 1. The quantitative estimate of drug-likeness (QED) is 0.822. The minimum absolute atomic E-state index is 0. The van der Waals surface area contributed by atoms with Gasteiger partial charge in [0.25, 0.3) is 0 Å². The normalized spacial score (nSPS) is 11.0. The van der Waals surface area contributed by atoms with E-state index in [9.17, 15) is 8.42 Å². The fraction of sp³-hybridized carbons (Fsp3) is 0.250. The van der Waals surface area contributed by atoms with Gasteiger partial charge in [-0.1, -0.05) is 29.8 Å². The molecule has 0 aliphatic carbocycles. The van der Waals surface area contributed by atoms with Crippen molar-refractivity contribution in [2.75, 3.05) is 12.3 Å². The van der Waals surface area contributed by atoms with Crippen LogP contribution >= 0.6 is 12.4 Å². The maximum atomic E-state index is 12.3. The predicted molar refractivity (Wildman–Crippen MR) is 92.9 cm³/mol. The second-order valence-corrected chi connectivity index (χ2v) is 6.89. The molecule has 0 fully saturated rings. The Morgan fingerprint density at radius 1 is 1.05 bits per heavy atom. The Kier molecular flexibility index (Phi) is 6.41. The Labute approximate surface area is 138 Å². The topological polar surface area (TPSA) is 72.2 Å². The number of nitrogen functional groups attached to an aromatic ring is 1. The lowest BCUT2D eigenvalue weighted by Crippen LogP contribution is -2.26. The van der Waals surface area contributed by atoms with Crippen LogP contribution < -0.4 is 10.5 Å². The van der Waals surface area contributed by atoms with Gasteiger partial charge in [-0.25, -0.2) is 13.1 Å². The minimum atomic E-state index is -3.46. The molecule has 0 amide bonds. The zero-order chi connectivity index (χ0) is 15.5. The zero-order valence-electron chi connectivity index (χ0n) is 12.7. The summed E-state index contributed by atoms with van der Waals surface area (Å²) in [4.78, 5) is 0.338. The number of aryl methyl sites for hydroxylation is 2. The Morgan fingerprint density at radius 2 is 1.68 bits per heavy atom. The molecular formula is C16H21ClN2O2S. The van der Waals surface area contributed by atoms with Crippen LogP contribution in [0.3, 0.4) is 0 Å². The van der Waals surface area contributed by atoms with Gasteiger partial charge in [-0.15, -0.1) is 12.4 Å². The number of nitrogens with two attached hydrogens (primary N) is 1. The summed E-state index contributed by atoms with van der Waals surface area (Å²) in [7, 11) is -3.46. The number of benzene rings is 2. The van der Waals surface area contributed by atoms with Gasteiger partial charge < -0.3 is 5.73 Å². The first kappa shape index (κ1) is 18.5. The van der Waals surface area contributed by atoms with Crippen LogP contribution in [0.15, 0.2) is 47.4 Å². The molecule has 3 N–H and O–H groups in total. The highest BCUT2D eigenvalue weighted by molar-refractivity contribution is 7.89. The maximum Gasteiger partial charge on any atom is 0.240 e. The molecular weight excluding hydrogens is 320 g/mol. The molecule has 2 aromatic rings. The van der Waals surface area contributed by atoms with E-state index in [0.29, 0.717) is 23.5 Å². The van der Waals surface area contributed by atoms with E-state index in [-0.39, 0.29) is 12.4 Å². The average molecular weight is 341 g/mol. The predicted octanol–water partition coefficient (Wildman–Crippen LogP) is 2.83.